The number of pyridine rings is 1. The summed E-state index contributed by atoms with van der Waals surface area (Å²) in [6.45, 7) is 2.09. The quantitative estimate of drug-likeness (QED) is 0.627. The van der Waals surface area contributed by atoms with Crippen LogP contribution in [-0.4, -0.2) is 10.8 Å². The Hall–Kier alpha value is -3.40. The average molecular weight is 381 g/mol. The topological polar surface area (TPSA) is 54.0 Å². The Morgan fingerprint density at radius 1 is 0.897 bits per heavy atom. The van der Waals surface area contributed by atoms with Gasteiger partial charge in [0.05, 0.1) is 17.4 Å². The Morgan fingerprint density at radius 3 is 2.45 bits per heavy atom. The number of Topliss-reactive ketones (excluding diaryl/α,β-unsaturated/α-hetero) is 1. The molecule has 144 valence electrons. The van der Waals surface area contributed by atoms with E-state index in [1.807, 2.05) is 36.5 Å². The predicted molar refractivity (Wildman–Crippen MR) is 116 cm³/mol. The van der Waals surface area contributed by atoms with Crippen LogP contribution < -0.4 is 10.6 Å². The third kappa shape index (κ3) is 3.31. The van der Waals surface area contributed by atoms with Crippen molar-refractivity contribution in [3.63, 3.8) is 0 Å². The van der Waals surface area contributed by atoms with Crippen molar-refractivity contribution in [1.29, 1.82) is 0 Å². The number of fused-ring (bicyclic) bond motifs is 1. The van der Waals surface area contributed by atoms with Crippen LogP contribution >= 0.6 is 0 Å². The fraction of sp³-hybridized carbons (Fsp3) is 0.200. The van der Waals surface area contributed by atoms with E-state index in [9.17, 15) is 4.79 Å². The fourth-order valence-electron chi connectivity index (χ4n) is 4.36. The van der Waals surface area contributed by atoms with Crippen molar-refractivity contribution in [3.05, 3.63) is 101 Å². The molecular formula is C25H23N3O. The number of aryl methyl sites for hydroxylation is 1. The van der Waals surface area contributed by atoms with E-state index in [2.05, 4.69) is 52.9 Å². The van der Waals surface area contributed by atoms with Crippen LogP contribution in [0.3, 0.4) is 0 Å². The van der Waals surface area contributed by atoms with Crippen molar-refractivity contribution >= 4 is 17.2 Å². The zero-order valence-corrected chi connectivity index (χ0v) is 16.4. The molecule has 2 heterocycles. The number of nitrogens with zero attached hydrogens (tertiary/aromatic N) is 1. The number of ketones is 1. The smallest absolute Gasteiger partial charge is 0.163 e. The van der Waals surface area contributed by atoms with Crippen molar-refractivity contribution in [2.75, 3.05) is 10.6 Å². The van der Waals surface area contributed by atoms with Gasteiger partial charge in [0.2, 0.25) is 0 Å². The molecule has 3 aromatic rings. The van der Waals surface area contributed by atoms with E-state index in [0.717, 1.165) is 34.6 Å². The molecule has 0 amide bonds. The molecule has 29 heavy (non-hydrogen) atoms. The highest BCUT2D eigenvalue weighted by Crippen LogP contribution is 2.44. The molecule has 4 heteroatoms. The number of hydrogen-bond acceptors (Lipinski definition) is 4. The summed E-state index contributed by atoms with van der Waals surface area (Å²) in [7, 11) is 0. The number of aromatic nitrogens is 1. The number of allylic oxidation sites excluding steroid dienone is 1. The van der Waals surface area contributed by atoms with Gasteiger partial charge < -0.3 is 10.6 Å². The molecular weight excluding hydrogens is 358 g/mol. The molecule has 1 aliphatic heterocycles. The van der Waals surface area contributed by atoms with Crippen LogP contribution in [0.4, 0.5) is 11.4 Å². The van der Waals surface area contributed by atoms with Crippen LogP contribution in [0.2, 0.25) is 0 Å². The standard InChI is InChI=1S/C25H23N3O/c1-16-8-10-17(11-9-16)19-13-22-24(23(29)14-19)25(18-5-4-12-26-15-18)28-21-7-3-2-6-20(21)27-22/h2-12,15,19,25,27-28H,13-14H2,1H3/t19-,25+/m1/s1. The van der Waals surface area contributed by atoms with Crippen LogP contribution in [0.15, 0.2) is 84.3 Å². The van der Waals surface area contributed by atoms with Gasteiger partial charge in [-0.3, -0.25) is 9.78 Å². The molecule has 2 aromatic carbocycles. The number of carbonyl (C=O) groups excluding carboxylic acids is 1. The third-order valence-corrected chi connectivity index (χ3v) is 5.88. The van der Waals surface area contributed by atoms with Gasteiger partial charge in [0.25, 0.3) is 0 Å². The number of benzene rings is 2. The van der Waals surface area contributed by atoms with Gasteiger partial charge in [-0.1, -0.05) is 48.0 Å². The first-order valence-electron chi connectivity index (χ1n) is 10.0. The van der Waals surface area contributed by atoms with Crippen molar-refractivity contribution in [2.24, 2.45) is 0 Å². The summed E-state index contributed by atoms with van der Waals surface area (Å²) >= 11 is 0. The van der Waals surface area contributed by atoms with Gasteiger partial charge in [-0.25, -0.2) is 0 Å². The van der Waals surface area contributed by atoms with Crippen LogP contribution in [0, 0.1) is 6.92 Å². The van der Waals surface area contributed by atoms with Gasteiger partial charge in [-0.2, -0.15) is 0 Å². The summed E-state index contributed by atoms with van der Waals surface area (Å²) in [5.74, 6) is 0.382. The maximum absolute atomic E-state index is 13.4. The first-order chi connectivity index (χ1) is 14.2. The Labute approximate surface area is 170 Å². The molecule has 0 saturated heterocycles. The number of rotatable bonds is 2. The summed E-state index contributed by atoms with van der Waals surface area (Å²) in [5.41, 5.74) is 7.30. The highest BCUT2D eigenvalue weighted by Gasteiger charge is 2.36. The van der Waals surface area contributed by atoms with Crippen molar-refractivity contribution < 1.29 is 4.79 Å². The van der Waals surface area contributed by atoms with E-state index in [0.29, 0.717) is 6.42 Å². The van der Waals surface area contributed by atoms with Gasteiger partial charge >= 0.3 is 0 Å². The highest BCUT2D eigenvalue weighted by atomic mass is 16.1. The number of carbonyl (C=O) groups is 1. The molecule has 1 aliphatic carbocycles. The lowest BCUT2D eigenvalue weighted by molar-refractivity contribution is -0.116. The number of para-hydroxylation sites is 2. The predicted octanol–water partition coefficient (Wildman–Crippen LogP) is 5.37. The second-order valence-corrected chi connectivity index (χ2v) is 7.87. The van der Waals surface area contributed by atoms with Gasteiger partial charge in [0, 0.05) is 30.1 Å². The molecule has 2 N–H and O–H groups in total. The van der Waals surface area contributed by atoms with Crippen LogP contribution in [0.25, 0.3) is 0 Å². The maximum Gasteiger partial charge on any atom is 0.163 e. The van der Waals surface area contributed by atoms with E-state index in [-0.39, 0.29) is 17.7 Å². The van der Waals surface area contributed by atoms with E-state index >= 15 is 0 Å². The second kappa shape index (κ2) is 7.21. The minimum absolute atomic E-state index is 0.189. The lowest BCUT2D eigenvalue weighted by Crippen LogP contribution is -2.26. The zero-order valence-electron chi connectivity index (χ0n) is 16.4. The van der Waals surface area contributed by atoms with Gasteiger partial charge in [-0.05, 0) is 48.6 Å². The largest absolute Gasteiger partial charge is 0.372 e. The minimum Gasteiger partial charge on any atom is -0.372 e. The molecule has 0 unspecified atom stereocenters. The Bertz CT molecular complexity index is 1090. The summed E-state index contributed by atoms with van der Waals surface area (Å²) in [5, 5.41) is 7.16. The molecule has 0 radical (unpaired) electrons. The van der Waals surface area contributed by atoms with E-state index in [1.54, 1.807) is 6.20 Å². The number of hydrogen-bond donors (Lipinski definition) is 2. The van der Waals surface area contributed by atoms with Crippen molar-refractivity contribution in [3.8, 4) is 0 Å². The zero-order chi connectivity index (χ0) is 19.8. The summed E-state index contributed by atoms with van der Waals surface area (Å²) in [6.07, 6.45) is 4.95. The summed E-state index contributed by atoms with van der Waals surface area (Å²) < 4.78 is 0. The Morgan fingerprint density at radius 2 is 1.69 bits per heavy atom. The molecule has 0 saturated carbocycles. The first-order valence-corrected chi connectivity index (χ1v) is 10.0. The molecule has 0 bridgehead atoms. The maximum atomic E-state index is 13.4. The van der Waals surface area contributed by atoms with Crippen LogP contribution in [0.5, 0.6) is 0 Å². The molecule has 2 aliphatic rings. The lowest BCUT2D eigenvalue weighted by Gasteiger charge is -2.29. The normalized spacial score (nSPS) is 20.8. The molecule has 0 spiro atoms. The summed E-state index contributed by atoms with van der Waals surface area (Å²) in [4.78, 5) is 17.7. The highest BCUT2D eigenvalue weighted by molar-refractivity contribution is 6.01. The van der Waals surface area contributed by atoms with Gasteiger partial charge in [0.1, 0.15) is 0 Å². The van der Waals surface area contributed by atoms with Crippen LogP contribution in [-0.2, 0) is 4.79 Å². The van der Waals surface area contributed by atoms with E-state index in [1.165, 1.54) is 11.1 Å². The van der Waals surface area contributed by atoms with Gasteiger partial charge in [0.15, 0.2) is 5.78 Å². The average Bonchev–Trinajstić information content (AvgIpc) is 2.92. The minimum atomic E-state index is -0.207. The lowest BCUT2D eigenvalue weighted by atomic mass is 9.78. The van der Waals surface area contributed by atoms with Crippen molar-refractivity contribution in [1.82, 2.24) is 4.98 Å². The summed E-state index contributed by atoms with van der Waals surface area (Å²) in [6, 6.07) is 20.4. The molecule has 5 rings (SSSR count). The van der Waals surface area contributed by atoms with Crippen molar-refractivity contribution in [2.45, 2.75) is 31.7 Å². The molecule has 0 fully saturated rings. The van der Waals surface area contributed by atoms with Crippen LogP contribution in [0.1, 0.15) is 41.5 Å². The third-order valence-electron chi connectivity index (χ3n) is 5.88. The van der Waals surface area contributed by atoms with E-state index < -0.39 is 0 Å². The monoisotopic (exact) mass is 381 g/mol. The molecule has 2 atom stereocenters. The Kier molecular flexibility index (Phi) is 4.39. The number of anilines is 2. The van der Waals surface area contributed by atoms with E-state index in [4.69, 9.17) is 0 Å². The second-order valence-electron chi connectivity index (χ2n) is 7.87. The fourth-order valence-corrected chi connectivity index (χ4v) is 4.36. The Balaban J connectivity index is 1.60. The number of nitrogens with one attached hydrogen (secondary N) is 2. The first kappa shape index (κ1) is 17.7. The van der Waals surface area contributed by atoms with Gasteiger partial charge in [-0.15, -0.1) is 0 Å². The molecule has 1 aromatic heterocycles. The molecule has 4 nitrogen and oxygen atoms in total. The SMILES string of the molecule is Cc1ccc([C@H]2CC(=O)C3=C(C2)Nc2ccccc2N[C@H]3c2cccnc2)cc1.